The first-order chi connectivity index (χ1) is 22.0. The van der Waals surface area contributed by atoms with E-state index in [0.717, 1.165) is 0 Å². The Hall–Kier alpha value is -2.96. The van der Waals surface area contributed by atoms with Gasteiger partial charge in [-0.3, -0.25) is 18.3 Å². The second kappa shape index (κ2) is 10.8. The first-order valence-corrected chi connectivity index (χ1v) is 17.1. The number of imidazole rings is 2. The Morgan fingerprint density at radius 1 is 0.935 bits per heavy atom. The minimum atomic E-state index is -4.39. The number of hydrogen-bond acceptors (Lipinski definition) is 17. The number of aromatic nitrogens is 7. The number of anilines is 2. The molecule has 19 nitrogen and oxygen atoms in total. The van der Waals surface area contributed by atoms with Crippen LogP contribution in [0, 0.1) is 0 Å². The van der Waals surface area contributed by atoms with Crippen LogP contribution >= 0.6 is 14.9 Å². The molecule has 0 aromatic carbocycles. The second-order valence-electron chi connectivity index (χ2n) is 11.2. The molecule has 8 heterocycles. The van der Waals surface area contributed by atoms with Crippen molar-refractivity contribution in [3.8, 4) is 0 Å². The summed E-state index contributed by atoms with van der Waals surface area (Å²) in [5.41, 5.74) is 12.4. The van der Waals surface area contributed by atoms with E-state index in [2.05, 4.69) is 24.9 Å². The number of rotatable bonds is 3. The predicted octanol–water partition coefficient (Wildman–Crippen LogP) is 0.385. The fourth-order valence-corrected chi connectivity index (χ4v) is 8.38. The standard InChI is InChI=1S/C23H25B2N9O10P2/c1-37-15-14-11(41-21(15)33-8-31-12-10(26)2-3-28-19(12)33)4-39-45(24,35)44-17-16-22(34-9-32-13-18(27)29-7-30-20(13)34)42-23(17,5-38-16)6-40-46(25,36)43-14/h2-3,7-9,11,14-17,21-22H,4-6H2,1H3,(H2,26,28)(H2,27,29,30)/t11-,14?,15+,16?,17-,21-,22-,23-,45?,46?/m1/s1. The van der Waals surface area contributed by atoms with E-state index >= 15 is 0 Å². The third-order valence-electron chi connectivity index (χ3n) is 8.40. The molecule has 8 rings (SSSR count). The maximum Gasteiger partial charge on any atom is 0.264 e. The van der Waals surface area contributed by atoms with E-state index in [0.29, 0.717) is 28.0 Å². The molecule has 4 fully saturated rings. The van der Waals surface area contributed by atoms with E-state index in [1.807, 2.05) is 0 Å². The van der Waals surface area contributed by atoms with Crippen molar-refractivity contribution in [3.63, 3.8) is 0 Å². The molecule has 4 N–H and O–H groups in total. The van der Waals surface area contributed by atoms with Crippen LogP contribution in [0.4, 0.5) is 11.5 Å². The highest BCUT2D eigenvalue weighted by Crippen LogP contribution is 2.58. The number of pyridine rings is 1. The van der Waals surface area contributed by atoms with Crippen molar-refractivity contribution < 1.29 is 46.2 Å². The number of methoxy groups -OCH3 is 1. The third kappa shape index (κ3) is 4.80. The lowest BCUT2D eigenvalue weighted by molar-refractivity contribution is -0.183. The maximum atomic E-state index is 13.7. The van der Waals surface area contributed by atoms with Crippen molar-refractivity contribution >= 4 is 63.9 Å². The monoisotopic (exact) mass is 671 g/mol. The number of nitrogens with two attached hydrogens (primary N) is 2. The Morgan fingerprint density at radius 2 is 1.67 bits per heavy atom. The highest BCUT2D eigenvalue weighted by atomic mass is 31.2. The number of nitrogens with zero attached hydrogens (tertiary/aromatic N) is 7. The molecule has 0 saturated carbocycles. The van der Waals surface area contributed by atoms with Gasteiger partial charge in [0.05, 0.1) is 38.2 Å². The van der Waals surface area contributed by atoms with Gasteiger partial charge in [0.1, 0.15) is 53.5 Å². The lowest BCUT2D eigenvalue weighted by Crippen LogP contribution is -2.46. The van der Waals surface area contributed by atoms with E-state index < -0.39 is 76.7 Å². The molecule has 4 radical (unpaired) electrons. The van der Waals surface area contributed by atoms with Crippen molar-refractivity contribution in [2.24, 2.45) is 0 Å². The summed E-state index contributed by atoms with van der Waals surface area (Å²) in [6.45, 7) is -1.05. The normalized spacial score (nSPS) is 39.6. The molecule has 4 aliphatic heterocycles. The molecule has 2 bridgehead atoms. The van der Waals surface area contributed by atoms with Gasteiger partial charge in [-0.15, -0.1) is 0 Å². The minimum absolute atomic E-state index is 0.121. The summed E-state index contributed by atoms with van der Waals surface area (Å²) in [6.07, 6.45) is -1.46. The van der Waals surface area contributed by atoms with Gasteiger partial charge in [0.15, 0.2) is 29.6 Å². The summed E-state index contributed by atoms with van der Waals surface area (Å²) >= 11 is 0. The quantitative estimate of drug-likeness (QED) is 0.221. The topological polar surface area (TPSA) is 234 Å². The van der Waals surface area contributed by atoms with Gasteiger partial charge < -0.3 is 48.5 Å². The zero-order chi connectivity index (χ0) is 32.0. The van der Waals surface area contributed by atoms with Crippen LogP contribution in [0.1, 0.15) is 12.5 Å². The van der Waals surface area contributed by atoms with Crippen molar-refractivity contribution in [1.82, 2.24) is 34.1 Å². The molecule has 238 valence electrons. The Morgan fingerprint density at radius 3 is 2.48 bits per heavy atom. The summed E-state index contributed by atoms with van der Waals surface area (Å²) in [7, 11) is 4.91. The molecule has 46 heavy (non-hydrogen) atoms. The molecular formula is C23H25B2N9O10P2. The molecule has 4 aromatic heterocycles. The first kappa shape index (κ1) is 30.4. The van der Waals surface area contributed by atoms with Crippen molar-refractivity contribution in [2.75, 3.05) is 38.4 Å². The summed E-state index contributed by atoms with van der Waals surface area (Å²) < 4.78 is 78.0. The van der Waals surface area contributed by atoms with Gasteiger partial charge in [0, 0.05) is 13.3 Å². The zero-order valence-electron chi connectivity index (χ0n) is 24.0. The molecule has 10 atom stereocenters. The van der Waals surface area contributed by atoms with Gasteiger partial charge in [0.25, 0.3) is 14.9 Å². The van der Waals surface area contributed by atoms with Crippen LogP contribution < -0.4 is 11.5 Å². The van der Waals surface area contributed by atoms with Gasteiger partial charge in [-0.05, 0) is 6.07 Å². The highest BCUT2D eigenvalue weighted by molar-refractivity contribution is 7.79. The number of nitrogen functional groups attached to an aromatic ring is 2. The fraction of sp³-hybridized carbons (Fsp3) is 0.522. The van der Waals surface area contributed by atoms with Crippen LogP contribution in [0.5, 0.6) is 0 Å². The molecule has 0 spiro atoms. The summed E-state index contributed by atoms with van der Waals surface area (Å²) in [4.78, 5) is 21.2. The maximum absolute atomic E-state index is 13.7. The van der Waals surface area contributed by atoms with E-state index in [4.69, 9.17) is 63.6 Å². The van der Waals surface area contributed by atoms with Crippen LogP contribution in [0.2, 0.25) is 0 Å². The predicted molar refractivity (Wildman–Crippen MR) is 157 cm³/mol. The Kier molecular flexibility index (Phi) is 7.12. The highest BCUT2D eigenvalue weighted by Gasteiger charge is 2.65. The molecule has 4 aromatic rings. The van der Waals surface area contributed by atoms with Gasteiger partial charge in [-0.1, -0.05) is 0 Å². The summed E-state index contributed by atoms with van der Waals surface area (Å²) in [6, 6.07) is 1.61. The van der Waals surface area contributed by atoms with Crippen LogP contribution in [-0.4, -0.2) is 112 Å². The minimum Gasteiger partial charge on any atom is -0.397 e. The van der Waals surface area contributed by atoms with E-state index in [-0.39, 0.29) is 12.4 Å². The molecule has 4 aliphatic rings. The lowest BCUT2D eigenvalue weighted by Gasteiger charge is -2.34. The van der Waals surface area contributed by atoms with Crippen molar-refractivity contribution in [2.45, 2.75) is 48.6 Å². The van der Waals surface area contributed by atoms with E-state index in [1.54, 1.807) is 15.2 Å². The Labute approximate surface area is 262 Å². The van der Waals surface area contributed by atoms with Crippen LogP contribution in [-0.2, 0) is 46.2 Å². The third-order valence-corrected chi connectivity index (χ3v) is 10.5. The average Bonchev–Trinajstić information content (AvgIpc) is 3.82. The Bertz CT molecular complexity index is 1940. The van der Waals surface area contributed by atoms with Crippen LogP contribution in [0.15, 0.2) is 31.2 Å². The number of fused-ring (bicyclic) bond motifs is 3. The van der Waals surface area contributed by atoms with Crippen molar-refractivity contribution in [1.29, 1.82) is 0 Å². The van der Waals surface area contributed by atoms with Crippen LogP contribution in [0.3, 0.4) is 0 Å². The Balaban J connectivity index is 1.11. The summed E-state index contributed by atoms with van der Waals surface area (Å²) in [5.74, 6) is 0.157. The molecular weight excluding hydrogens is 646 g/mol. The molecule has 4 unspecified atom stereocenters. The van der Waals surface area contributed by atoms with E-state index in [1.165, 1.54) is 32.3 Å². The van der Waals surface area contributed by atoms with Gasteiger partial charge in [-0.2, -0.15) is 0 Å². The first-order valence-electron chi connectivity index (χ1n) is 13.9. The fourth-order valence-electron chi connectivity index (χ4n) is 6.28. The number of hydrogen-bond donors (Lipinski definition) is 2. The summed E-state index contributed by atoms with van der Waals surface area (Å²) in [5, 5.41) is 0. The van der Waals surface area contributed by atoms with Crippen molar-refractivity contribution in [3.05, 3.63) is 31.2 Å². The SMILES string of the molecule is [B]P1(=O)OC[C@@]23COC([C@H](n4cnc5c(N)ncnc54)O2)[C@H]3OP([B])(=O)OC[C@H]2O[C@@H](n3cnc4c(N)ccnc43)[C@@H](OC)C2O1. The molecule has 0 aliphatic carbocycles. The average molecular weight is 671 g/mol. The zero-order valence-corrected chi connectivity index (χ0v) is 25.8. The van der Waals surface area contributed by atoms with Gasteiger partial charge in [-0.25, -0.2) is 24.9 Å². The van der Waals surface area contributed by atoms with Gasteiger partial charge >= 0.3 is 0 Å². The smallest absolute Gasteiger partial charge is 0.264 e. The lowest BCUT2D eigenvalue weighted by atomic mass is 10.0. The van der Waals surface area contributed by atoms with Gasteiger partial charge in [0.2, 0.25) is 15.1 Å². The largest absolute Gasteiger partial charge is 0.397 e. The van der Waals surface area contributed by atoms with Crippen LogP contribution in [0.25, 0.3) is 22.3 Å². The molecule has 23 heteroatoms. The molecule has 0 amide bonds. The van der Waals surface area contributed by atoms with E-state index in [9.17, 15) is 9.13 Å². The number of ether oxygens (including phenoxy) is 4. The molecule has 4 saturated heterocycles. The second-order valence-corrected chi connectivity index (χ2v) is 14.3.